The second-order valence-corrected chi connectivity index (χ2v) is 8.87. The van der Waals surface area contributed by atoms with Crippen molar-refractivity contribution in [1.82, 2.24) is 0 Å². The molecular formula is C25H36F2O. The summed E-state index contributed by atoms with van der Waals surface area (Å²) in [4.78, 5) is 0. The smallest absolute Gasteiger partial charge is 0.162 e. The van der Waals surface area contributed by atoms with Crippen molar-refractivity contribution in [2.24, 2.45) is 5.92 Å². The standard InChI is InChI=1S/C25H36F2O/c1-3-4-5-6-18-7-11-20(12-8-18)22-15-16-23(25(27)24(22)26)21-13-9-19(10-14-21)17-28-2/h15-18,20-21H,3-14H2,1-2H3. The minimum atomic E-state index is -0.591. The number of methoxy groups -OCH3 is 1. The molecule has 2 fully saturated rings. The molecule has 3 rings (SSSR count). The molecule has 2 saturated carbocycles. The number of hydrogen-bond donors (Lipinski definition) is 0. The van der Waals surface area contributed by atoms with Crippen LogP contribution in [0.15, 0.2) is 24.0 Å². The normalized spacial score (nSPS) is 25.6. The van der Waals surface area contributed by atoms with Gasteiger partial charge < -0.3 is 4.74 Å². The first kappa shape index (κ1) is 21.3. The zero-order valence-corrected chi connectivity index (χ0v) is 17.6. The molecule has 156 valence electrons. The summed E-state index contributed by atoms with van der Waals surface area (Å²) in [7, 11) is 1.66. The quantitative estimate of drug-likeness (QED) is 0.338. The average Bonchev–Trinajstić information content (AvgIpc) is 2.72. The van der Waals surface area contributed by atoms with Gasteiger partial charge in [0.15, 0.2) is 11.6 Å². The van der Waals surface area contributed by atoms with Gasteiger partial charge in [-0.25, -0.2) is 8.78 Å². The molecular weight excluding hydrogens is 354 g/mol. The van der Waals surface area contributed by atoms with Gasteiger partial charge in [-0.1, -0.05) is 44.7 Å². The van der Waals surface area contributed by atoms with Gasteiger partial charge in [0.25, 0.3) is 0 Å². The van der Waals surface area contributed by atoms with Crippen LogP contribution in [-0.2, 0) is 4.74 Å². The molecule has 0 unspecified atom stereocenters. The summed E-state index contributed by atoms with van der Waals surface area (Å²) in [6, 6.07) is 3.76. The number of halogens is 2. The van der Waals surface area contributed by atoms with Gasteiger partial charge in [-0.2, -0.15) is 0 Å². The van der Waals surface area contributed by atoms with Gasteiger partial charge in [-0.15, -0.1) is 0 Å². The highest BCUT2D eigenvalue weighted by Gasteiger charge is 2.28. The zero-order chi connectivity index (χ0) is 19.9. The summed E-state index contributed by atoms with van der Waals surface area (Å²) in [6.07, 6.45) is 14.9. The van der Waals surface area contributed by atoms with Gasteiger partial charge in [-0.3, -0.25) is 0 Å². The van der Waals surface area contributed by atoms with E-state index in [2.05, 4.69) is 6.92 Å². The maximum absolute atomic E-state index is 14.9. The van der Waals surface area contributed by atoms with Crippen molar-refractivity contribution in [2.75, 3.05) is 7.11 Å². The van der Waals surface area contributed by atoms with Gasteiger partial charge in [0, 0.05) is 0 Å². The lowest BCUT2D eigenvalue weighted by Crippen LogP contribution is -2.16. The predicted octanol–water partition coefficient (Wildman–Crippen LogP) is 8.01. The molecule has 2 aliphatic rings. The van der Waals surface area contributed by atoms with E-state index in [1.165, 1.54) is 31.3 Å². The first-order valence-electron chi connectivity index (χ1n) is 11.3. The number of ether oxygens (including phenoxy) is 1. The molecule has 0 bridgehead atoms. The summed E-state index contributed by atoms with van der Waals surface area (Å²) in [5.74, 6) is -0.0797. The summed E-state index contributed by atoms with van der Waals surface area (Å²) < 4.78 is 34.9. The molecule has 0 saturated heterocycles. The van der Waals surface area contributed by atoms with Gasteiger partial charge >= 0.3 is 0 Å². The van der Waals surface area contributed by atoms with Crippen LogP contribution >= 0.6 is 0 Å². The van der Waals surface area contributed by atoms with Crippen molar-refractivity contribution in [2.45, 2.75) is 95.8 Å². The maximum Gasteiger partial charge on any atom is 0.162 e. The van der Waals surface area contributed by atoms with E-state index in [4.69, 9.17) is 4.74 Å². The van der Waals surface area contributed by atoms with Gasteiger partial charge in [0.05, 0.1) is 13.4 Å². The Morgan fingerprint density at radius 3 is 2.00 bits per heavy atom. The van der Waals surface area contributed by atoms with E-state index in [0.29, 0.717) is 11.1 Å². The molecule has 0 N–H and O–H groups in total. The summed E-state index contributed by atoms with van der Waals surface area (Å²) >= 11 is 0. The average molecular weight is 391 g/mol. The Labute approximate surface area is 169 Å². The predicted molar refractivity (Wildman–Crippen MR) is 112 cm³/mol. The third-order valence-corrected chi connectivity index (χ3v) is 7.00. The summed E-state index contributed by atoms with van der Waals surface area (Å²) in [5.41, 5.74) is 2.46. The van der Waals surface area contributed by atoms with Crippen LogP contribution < -0.4 is 0 Å². The Balaban J connectivity index is 1.61. The first-order chi connectivity index (χ1) is 13.6. The molecule has 0 radical (unpaired) electrons. The first-order valence-corrected chi connectivity index (χ1v) is 11.3. The molecule has 0 spiro atoms. The van der Waals surface area contributed by atoms with Crippen molar-refractivity contribution in [3.8, 4) is 0 Å². The van der Waals surface area contributed by atoms with E-state index in [-0.39, 0.29) is 11.8 Å². The Hall–Kier alpha value is -1.38. The number of allylic oxidation sites excluding steroid dienone is 1. The second-order valence-electron chi connectivity index (χ2n) is 8.87. The highest BCUT2D eigenvalue weighted by atomic mass is 19.2. The van der Waals surface area contributed by atoms with E-state index in [0.717, 1.165) is 57.3 Å². The molecule has 0 atom stereocenters. The second kappa shape index (κ2) is 10.4. The SMILES string of the molecule is CCCCCC1CCC(c2ccc(C3CCC(=COC)CC3)c(F)c2F)CC1. The van der Waals surface area contributed by atoms with E-state index < -0.39 is 11.6 Å². The third kappa shape index (κ3) is 5.15. The van der Waals surface area contributed by atoms with Crippen LogP contribution in [0.1, 0.15) is 107 Å². The maximum atomic E-state index is 14.9. The van der Waals surface area contributed by atoms with E-state index >= 15 is 0 Å². The lowest BCUT2D eigenvalue weighted by molar-refractivity contribution is 0.297. The number of rotatable bonds is 7. The molecule has 1 aromatic carbocycles. The minimum Gasteiger partial charge on any atom is -0.504 e. The summed E-state index contributed by atoms with van der Waals surface area (Å²) in [6.45, 7) is 2.24. The molecule has 3 heteroatoms. The Bertz CT molecular complexity index is 649. The van der Waals surface area contributed by atoms with E-state index in [1.54, 1.807) is 13.4 Å². The molecule has 0 heterocycles. The fourth-order valence-corrected chi connectivity index (χ4v) is 5.24. The van der Waals surface area contributed by atoms with Crippen LogP contribution in [0.2, 0.25) is 0 Å². The monoisotopic (exact) mass is 390 g/mol. The van der Waals surface area contributed by atoms with Crippen molar-refractivity contribution >= 4 is 0 Å². The molecule has 1 aromatic rings. The largest absolute Gasteiger partial charge is 0.504 e. The van der Waals surface area contributed by atoms with Crippen LogP contribution in [0.5, 0.6) is 0 Å². The minimum absolute atomic E-state index is 0.117. The molecule has 0 amide bonds. The molecule has 1 nitrogen and oxygen atoms in total. The fourth-order valence-electron chi connectivity index (χ4n) is 5.24. The van der Waals surface area contributed by atoms with Crippen molar-refractivity contribution in [3.63, 3.8) is 0 Å². The number of benzene rings is 1. The Kier molecular flexibility index (Phi) is 7.93. The Morgan fingerprint density at radius 2 is 1.46 bits per heavy atom. The van der Waals surface area contributed by atoms with Crippen LogP contribution in [0.4, 0.5) is 8.78 Å². The van der Waals surface area contributed by atoms with Gasteiger partial charge in [0.2, 0.25) is 0 Å². The van der Waals surface area contributed by atoms with Gasteiger partial charge in [-0.05, 0) is 85.8 Å². The van der Waals surface area contributed by atoms with Crippen molar-refractivity contribution < 1.29 is 13.5 Å². The van der Waals surface area contributed by atoms with Crippen LogP contribution in [0.3, 0.4) is 0 Å². The van der Waals surface area contributed by atoms with Gasteiger partial charge in [0.1, 0.15) is 0 Å². The van der Waals surface area contributed by atoms with E-state index in [9.17, 15) is 8.78 Å². The van der Waals surface area contributed by atoms with E-state index in [1.807, 2.05) is 12.1 Å². The highest BCUT2D eigenvalue weighted by Crippen LogP contribution is 2.42. The fraction of sp³-hybridized carbons (Fsp3) is 0.680. The molecule has 28 heavy (non-hydrogen) atoms. The van der Waals surface area contributed by atoms with Crippen LogP contribution in [0, 0.1) is 17.6 Å². The molecule has 0 aliphatic heterocycles. The topological polar surface area (TPSA) is 9.23 Å². The number of unbranched alkanes of at least 4 members (excludes halogenated alkanes) is 2. The lowest BCUT2D eigenvalue weighted by Gasteiger charge is -2.30. The van der Waals surface area contributed by atoms with Crippen LogP contribution in [0.25, 0.3) is 0 Å². The van der Waals surface area contributed by atoms with Crippen LogP contribution in [-0.4, -0.2) is 7.11 Å². The lowest BCUT2D eigenvalue weighted by atomic mass is 9.76. The Morgan fingerprint density at radius 1 is 0.893 bits per heavy atom. The van der Waals surface area contributed by atoms with Crippen molar-refractivity contribution in [3.05, 3.63) is 46.7 Å². The molecule has 2 aliphatic carbocycles. The zero-order valence-electron chi connectivity index (χ0n) is 17.6. The molecule has 0 aromatic heterocycles. The third-order valence-electron chi connectivity index (χ3n) is 7.00. The van der Waals surface area contributed by atoms with Crippen molar-refractivity contribution in [1.29, 1.82) is 0 Å². The highest BCUT2D eigenvalue weighted by molar-refractivity contribution is 5.32. The summed E-state index contributed by atoms with van der Waals surface area (Å²) in [5, 5.41) is 0. The number of hydrogen-bond acceptors (Lipinski definition) is 1.